The lowest BCUT2D eigenvalue weighted by Gasteiger charge is -2.05. The number of hydrogen-bond donors (Lipinski definition) is 2. The van der Waals surface area contributed by atoms with E-state index in [9.17, 15) is 0 Å². The molecule has 0 spiro atoms. The fraction of sp³-hybridized carbons (Fsp3) is 0.200. The fourth-order valence-electron chi connectivity index (χ4n) is 1.98. The van der Waals surface area contributed by atoms with Crippen LogP contribution in [0.5, 0.6) is 5.75 Å². The van der Waals surface area contributed by atoms with Crippen molar-refractivity contribution in [2.24, 2.45) is 5.73 Å². The van der Waals surface area contributed by atoms with Gasteiger partial charge in [-0.15, -0.1) is 5.10 Å². The van der Waals surface area contributed by atoms with Crippen molar-refractivity contribution in [1.29, 1.82) is 0 Å². The van der Waals surface area contributed by atoms with Crippen LogP contribution in [0.1, 0.15) is 5.56 Å². The first-order valence-corrected chi connectivity index (χ1v) is 6.77. The molecule has 2 heterocycles. The molecule has 6 nitrogen and oxygen atoms in total. The van der Waals surface area contributed by atoms with Gasteiger partial charge in [-0.1, -0.05) is 6.07 Å². The van der Waals surface area contributed by atoms with Gasteiger partial charge in [-0.05, 0) is 42.8 Å². The Morgan fingerprint density at radius 3 is 2.76 bits per heavy atom. The summed E-state index contributed by atoms with van der Waals surface area (Å²) in [4.78, 5) is 4.41. The Balaban J connectivity index is 1.75. The highest BCUT2D eigenvalue weighted by molar-refractivity contribution is 5.56. The number of hydrogen-bond acceptors (Lipinski definition) is 5. The molecule has 0 saturated carbocycles. The molecule has 0 saturated heterocycles. The molecule has 0 unspecified atom stereocenters. The van der Waals surface area contributed by atoms with Crippen molar-refractivity contribution < 1.29 is 4.74 Å². The van der Waals surface area contributed by atoms with E-state index in [1.54, 1.807) is 4.52 Å². The quantitative estimate of drug-likeness (QED) is 0.750. The van der Waals surface area contributed by atoms with Gasteiger partial charge in [0.1, 0.15) is 12.4 Å². The fourth-order valence-corrected chi connectivity index (χ4v) is 1.98. The molecule has 0 radical (unpaired) electrons. The third kappa shape index (κ3) is 3.11. The van der Waals surface area contributed by atoms with Crippen LogP contribution < -0.4 is 15.8 Å². The number of fused-ring (bicyclic) bond motifs is 1. The smallest absolute Gasteiger partial charge is 0.247 e. The molecule has 0 amide bonds. The zero-order valence-electron chi connectivity index (χ0n) is 11.8. The summed E-state index contributed by atoms with van der Waals surface area (Å²) < 4.78 is 7.19. The summed E-state index contributed by atoms with van der Waals surface area (Å²) in [7, 11) is 0. The monoisotopic (exact) mass is 283 g/mol. The maximum absolute atomic E-state index is 5.43. The molecule has 2 aromatic heterocycles. The Labute approximate surface area is 122 Å². The minimum absolute atomic E-state index is 0.505. The molecule has 0 aliphatic rings. The van der Waals surface area contributed by atoms with Crippen LogP contribution in [0.2, 0.25) is 0 Å². The van der Waals surface area contributed by atoms with Crippen molar-refractivity contribution in [1.82, 2.24) is 14.6 Å². The van der Waals surface area contributed by atoms with Crippen LogP contribution in [0.4, 0.5) is 11.6 Å². The van der Waals surface area contributed by atoms with Gasteiger partial charge in [0.25, 0.3) is 0 Å². The summed E-state index contributed by atoms with van der Waals surface area (Å²) in [5.41, 5.74) is 8.26. The second kappa shape index (κ2) is 5.80. The predicted molar refractivity (Wildman–Crippen MR) is 82.0 cm³/mol. The Hall–Kier alpha value is -2.60. The van der Waals surface area contributed by atoms with Crippen LogP contribution in [0.3, 0.4) is 0 Å². The molecule has 0 aliphatic heterocycles. The number of ether oxygens (including phenoxy) is 1. The van der Waals surface area contributed by atoms with Crippen molar-refractivity contribution in [3.05, 3.63) is 48.2 Å². The van der Waals surface area contributed by atoms with E-state index >= 15 is 0 Å². The van der Waals surface area contributed by atoms with Crippen LogP contribution in [-0.4, -0.2) is 27.7 Å². The van der Waals surface area contributed by atoms with Crippen molar-refractivity contribution in [3.63, 3.8) is 0 Å². The van der Waals surface area contributed by atoms with Gasteiger partial charge in [0.15, 0.2) is 5.65 Å². The van der Waals surface area contributed by atoms with Crippen molar-refractivity contribution in [2.75, 3.05) is 18.5 Å². The maximum Gasteiger partial charge on any atom is 0.247 e. The van der Waals surface area contributed by atoms with Gasteiger partial charge < -0.3 is 15.8 Å². The molecule has 0 atom stereocenters. The van der Waals surface area contributed by atoms with E-state index in [0.717, 1.165) is 22.6 Å². The molecule has 108 valence electrons. The number of benzene rings is 1. The van der Waals surface area contributed by atoms with Gasteiger partial charge in [0.2, 0.25) is 5.95 Å². The largest absolute Gasteiger partial charge is 0.492 e. The summed E-state index contributed by atoms with van der Waals surface area (Å²) in [6.45, 7) is 3.04. The second-order valence-corrected chi connectivity index (χ2v) is 4.73. The summed E-state index contributed by atoms with van der Waals surface area (Å²) in [6, 6.07) is 11.6. The summed E-state index contributed by atoms with van der Waals surface area (Å²) in [6.07, 6.45) is 1.94. The average molecular weight is 283 g/mol. The van der Waals surface area contributed by atoms with Gasteiger partial charge in [-0.3, -0.25) is 0 Å². The molecule has 3 aromatic rings. The molecule has 0 bridgehead atoms. The first kappa shape index (κ1) is 13.4. The van der Waals surface area contributed by atoms with Crippen molar-refractivity contribution >= 4 is 17.3 Å². The second-order valence-electron chi connectivity index (χ2n) is 4.73. The van der Waals surface area contributed by atoms with Gasteiger partial charge >= 0.3 is 0 Å². The number of nitrogens with two attached hydrogens (primary N) is 1. The number of nitrogens with one attached hydrogen (secondary N) is 1. The van der Waals surface area contributed by atoms with E-state index in [4.69, 9.17) is 10.5 Å². The summed E-state index contributed by atoms with van der Waals surface area (Å²) >= 11 is 0. The number of rotatable bonds is 5. The molecule has 0 fully saturated rings. The standard InChI is InChI=1S/C15H17N5O/c1-11-2-7-14-18-15(19-20(14)10-11)17-12-3-5-13(6-4-12)21-9-8-16/h2-7,10H,8-9,16H2,1H3,(H,17,19). The van der Waals surface area contributed by atoms with Gasteiger partial charge in [0.05, 0.1) is 0 Å². The minimum Gasteiger partial charge on any atom is -0.492 e. The minimum atomic E-state index is 0.505. The van der Waals surface area contributed by atoms with Crippen LogP contribution in [0.25, 0.3) is 5.65 Å². The van der Waals surface area contributed by atoms with E-state index in [1.165, 1.54) is 0 Å². The highest BCUT2D eigenvalue weighted by Crippen LogP contribution is 2.18. The topological polar surface area (TPSA) is 77.5 Å². The third-order valence-corrected chi connectivity index (χ3v) is 2.98. The Kier molecular flexibility index (Phi) is 3.70. The molecular formula is C15H17N5O. The first-order chi connectivity index (χ1) is 10.2. The third-order valence-electron chi connectivity index (χ3n) is 2.98. The lowest BCUT2D eigenvalue weighted by molar-refractivity contribution is 0.328. The van der Waals surface area contributed by atoms with Crippen LogP contribution in [0.15, 0.2) is 42.6 Å². The Morgan fingerprint density at radius 2 is 2.00 bits per heavy atom. The lowest BCUT2D eigenvalue weighted by Crippen LogP contribution is -2.10. The molecule has 1 aromatic carbocycles. The van der Waals surface area contributed by atoms with Gasteiger partial charge in [-0.2, -0.15) is 4.98 Å². The maximum atomic E-state index is 5.43. The average Bonchev–Trinajstić information content (AvgIpc) is 2.88. The van der Waals surface area contributed by atoms with Crippen molar-refractivity contribution in [2.45, 2.75) is 6.92 Å². The summed E-state index contributed by atoms with van der Waals surface area (Å²) in [5.74, 6) is 1.36. The van der Waals surface area contributed by atoms with Gasteiger partial charge in [0, 0.05) is 18.4 Å². The van der Waals surface area contributed by atoms with Crippen LogP contribution in [-0.2, 0) is 0 Å². The van der Waals surface area contributed by atoms with Crippen LogP contribution in [0, 0.1) is 6.92 Å². The molecule has 21 heavy (non-hydrogen) atoms. The van der Waals surface area contributed by atoms with E-state index in [1.807, 2.05) is 49.5 Å². The van der Waals surface area contributed by atoms with Crippen molar-refractivity contribution in [3.8, 4) is 5.75 Å². The summed E-state index contributed by atoms with van der Waals surface area (Å²) in [5, 5.41) is 7.56. The van der Waals surface area contributed by atoms with E-state index in [2.05, 4.69) is 15.4 Å². The van der Waals surface area contributed by atoms with Gasteiger partial charge in [-0.25, -0.2) is 4.52 Å². The Bertz CT molecular complexity index is 735. The number of anilines is 2. The predicted octanol–water partition coefficient (Wildman–Crippen LogP) is 2.12. The highest BCUT2D eigenvalue weighted by atomic mass is 16.5. The van der Waals surface area contributed by atoms with E-state index < -0.39 is 0 Å². The molecule has 3 N–H and O–H groups in total. The molecule has 0 aliphatic carbocycles. The number of nitrogens with zero attached hydrogens (tertiary/aromatic N) is 3. The SMILES string of the molecule is Cc1ccc2nc(Nc3ccc(OCCN)cc3)nn2c1. The van der Waals surface area contributed by atoms with E-state index in [-0.39, 0.29) is 0 Å². The van der Waals surface area contributed by atoms with E-state index in [0.29, 0.717) is 19.1 Å². The zero-order chi connectivity index (χ0) is 14.7. The first-order valence-electron chi connectivity index (χ1n) is 6.77. The zero-order valence-corrected chi connectivity index (χ0v) is 11.8. The number of pyridine rings is 1. The van der Waals surface area contributed by atoms with Crippen LogP contribution >= 0.6 is 0 Å². The molecular weight excluding hydrogens is 266 g/mol. The molecule has 6 heteroatoms. The number of aromatic nitrogens is 3. The number of aryl methyl sites for hydroxylation is 1. The lowest BCUT2D eigenvalue weighted by atomic mass is 10.3. The normalized spacial score (nSPS) is 10.8. The highest BCUT2D eigenvalue weighted by Gasteiger charge is 2.04. The molecule has 3 rings (SSSR count). The Morgan fingerprint density at radius 1 is 1.19 bits per heavy atom.